The molecule has 1 heterocycles. The number of nitrogens with one attached hydrogen (secondary N) is 2. The highest BCUT2D eigenvalue weighted by atomic mass is 16.6. The highest BCUT2D eigenvalue weighted by Crippen LogP contribution is 2.20. The molecule has 1 aromatic heterocycles. The van der Waals surface area contributed by atoms with Gasteiger partial charge in [0.25, 0.3) is 0 Å². The number of hydrogen-bond donors (Lipinski definition) is 3. The zero-order chi connectivity index (χ0) is 13.1. The molecular formula is C10H13N5O3. The van der Waals surface area contributed by atoms with E-state index in [1.165, 1.54) is 12.1 Å². The van der Waals surface area contributed by atoms with Crippen molar-refractivity contribution < 1.29 is 9.72 Å². The molecule has 0 aliphatic heterocycles. The van der Waals surface area contributed by atoms with Crippen LogP contribution in [0.5, 0.6) is 0 Å². The van der Waals surface area contributed by atoms with E-state index in [4.69, 9.17) is 5.73 Å². The average Bonchev–Trinajstić information content (AvgIpc) is 3.10. The van der Waals surface area contributed by atoms with Crippen LogP contribution in [0.4, 0.5) is 17.3 Å². The van der Waals surface area contributed by atoms with Crippen LogP contribution >= 0.6 is 0 Å². The fourth-order valence-corrected chi connectivity index (χ4v) is 1.40. The molecular weight excluding hydrogens is 238 g/mol. The lowest BCUT2D eigenvalue weighted by Crippen LogP contribution is -2.31. The fourth-order valence-electron chi connectivity index (χ4n) is 1.40. The van der Waals surface area contributed by atoms with Crippen molar-refractivity contribution in [1.29, 1.82) is 0 Å². The van der Waals surface area contributed by atoms with Crippen LogP contribution in [0.2, 0.25) is 0 Å². The summed E-state index contributed by atoms with van der Waals surface area (Å²) in [5.74, 6) is 0.0351. The summed E-state index contributed by atoms with van der Waals surface area (Å²) in [4.78, 5) is 25.1. The Morgan fingerprint density at radius 1 is 1.56 bits per heavy atom. The predicted molar refractivity (Wildman–Crippen MR) is 65.0 cm³/mol. The Morgan fingerprint density at radius 3 is 2.83 bits per heavy atom. The first-order valence-electron chi connectivity index (χ1n) is 5.50. The molecule has 1 aliphatic carbocycles. The van der Waals surface area contributed by atoms with Crippen molar-refractivity contribution in [1.82, 2.24) is 10.3 Å². The summed E-state index contributed by atoms with van der Waals surface area (Å²) in [5.41, 5.74) is 5.18. The van der Waals surface area contributed by atoms with Crippen molar-refractivity contribution in [2.75, 3.05) is 17.6 Å². The van der Waals surface area contributed by atoms with E-state index in [1.54, 1.807) is 0 Å². The molecule has 1 fully saturated rings. The number of aromatic nitrogens is 1. The van der Waals surface area contributed by atoms with E-state index in [2.05, 4.69) is 15.6 Å². The van der Waals surface area contributed by atoms with Crippen molar-refractivity contribution in [3.63, 3.8) is 0 Å². The zero-order valence-electron chi connectivity index (χ0n) is 9.55. The van der Waals surface area contributed by atoms with E-state index in [1.807, 2.05) is 0 Å². The van der Waals surface area contributed by atoms with Crippen LogP contribution in [-0.2, 0) is 4.79 Å². The van der Waals surface area contributed by atoms with Crippen LogP contribution < -0.4 is 16.4 Å². The van der Waals surface area contributed by atoms with Gasteiger partial charge in [-0.05, 0) is 18.9 Å². The van der Waals surface area contributed by atoms with Gasteiger partial charge in [-0.1, -0.05) is 0 Å². The molecule has 0 radical (unpaired) electrons. The molecule has 1 aliphatic rings. The smallest absolute Gasteiger partial charge is 0.311 e. The Kier molecular flexibility index (Phi) is 3.26. The van der Waals surface area contributed by atoms with Crippen molar-refractivity contribution in [2.24, 2.45) is 0 Å². The highest BCUT2D eigenvalue weighted by Gasteiger charge is 2.23. The van der Waals surface area contributed by atoms with E-state index in [0.29, 0.717) is 11.9 Å². The van der Waals surface area contributed by atoms with Crippen molar-refractivity contribution in [3.05, 3.63) is 22.2 Å². The Labute approximate surface area is 103 Å². The summed E-state index contributed by atoms with van der Waals surface area (Å²) >= 11 is 0. The molecule has 1 saturated carbocycles. The lowest BCUT2D eigenvalue weighted by atomic mass is 10.4. The number of hydrogen-bond acceptors (Lipinski definition) is 6. The number of amides is 1. The van der Waals surface area contributed by atoms with E-state index < -0.39 is 4.92 Å². The van der Waals surface area contributed by atoms with Gasteiger partial charge in [-0.2, -0.15) is 0 Å². The maximum Gasteiger partial charge on any atom is 0.311 e. The average molecular weight is 251 g/mol. The molecule has 0 unspecified atom stereocenters. The third-order valence-electron chi connectivity index (χ3n) is 2.47. The molecule has 0 aromatic carbocycles. The molecule has 96 valence electrons. The predicted octanol–water partition coefficient (Wildman–Crippen LogP) is 0.262. The minimum absolute atomic E-state index is 0.0702. The number of nitrogen functional groups attached to an aromatic ring is 1. The molecule has 18 heavy (non-hydrogen) atoms. The lowest BCUT2D eigenvalue weighted by molar-refractivity contribution is -0.384. The number of pyridine rings is 1. The first-order chi connectivity index (χ1) is 8.56. The minimum atomic E-state index is -0.605. The molecule has 8 heteroatoms. The van der Waals surface area contributed by atoms with Crippen LogP contribution in [-0.4, -0.2) is 28.4 Å². The second kappa shape index (κ2) is 4.86. The monoisotopic (exact) mass is 251 g/mol. The third kappa shape index (κ3) is 3.06. The van der Waals surface area contributed by atoms with E-state index in [0.717, 1.165) is 12.8 Å². The number of nitro groups is 1. The minimum Gasteiger partial charge on any atom is -0.378 e. The van der Waals surface area contributed by atoms with Gasteiger partial charge in [0.15, 0.2) is 0 Å². The van der Waals surface area contributed by atoms with Crippen LogP contribution in [0, 0.1) is 10.1 Å². The normalized spacial score (nSPS) is 14.0. The quantitative estimate of drug-likeness (QED) is 0.509. The molecule has 2 rings (SSSR count). The molecule has 8 nitrogen and oxygen atoms in total. The Morgan fingerprint density at radius 2 is 2.28 bits per heavy atom. The molecule has 0 atom stereocenters. The molecule has 4 N–H and O–H groups in total. The first kappa shape index (κ1) is 12.1. The van der Waals surface area contributed by atoms with Crippen LogP contribution in [0.3, 0.4) is 0 Å². The van der Waals surface area contributed by atoms with Crippen LogP contribution in [0.15, 0.2) is 12.1 Å². The van der Waals surface area contributed by atoms with Crippen LogP contribution in [0.1, 0.15) is 12.8 Å². The largest absolute Gasteiger partial charge is 0.378 e. The van der Waals surface area contributed by atoms with E-state index in [9.17, 15) is 14.9 Å². The van der Waals surface area contributed by atoms with Gasteiger partial charge < -0.3 is 16.4 Å². The van der Waals surface area contributed by atoms with Gasteiger partial charge in [0.2, 0.25) is 11.7 Å². The Balaban J connectivity index is 1.90. The fraction of sp³-hybridized carbons (Fsp3) is 0.400. The maximum atomic E-state index is 11.4. The summed E-state index contributed by atoms with van der Waals surface area (Å²) in [6, 6.07) is 2.97. The second-order valence-electron chi connectivity index (χ2n) is 4.05. The summed E-state index contributed by atoms with van der Waals surface area (Å²) < 4.78 is 0. The van der Waals surface area contributed by atoms with E-state index in [-0.39, 0.29) is 24.0 Å². The van der Waals surface area contributed by atoms with Crippen molar-refractivity contribution in [3.8, 4) is 0 Å². The summed E-state index contributed by atoms with van der Waals surface area (Å²) in [5, 5.41) is 16.1. The molecule has 0 bridgehead atoms. The van der Waals surface area contributed by atoms with Gasteiger partial charge in [0.05, 0.1) is 11.5 Å². The van der Waals surface area contributed by atoms with Crippen molar-refractivity contribution in [2.45, 2.75) is 18.9 Å². The maximum absolute atomic E-state index is 11.4. The summed E-state index contributed by atoms with van der Waals surface area (Å²) in [7, 11) is 0. The van der Waals surface area contributed by atoms with Gasteiger partial charge in [-0.3, -0.25) is 14.9 Å². The number of carbonyl (C=O) groups excluding carboxylic acids is 1. The number of rotatable bonds is 5. The lowest BCUT2D eigenvalue weighted by Gasteiger charge is -2.06. The Hall–Kier alpha value is -2.38. The summed E-state index contributed by atoms with van der Waals surface area (Å²) in [6.07, 6.45) is 2.04. The molecule has 0 spiro atoms. The van der Waals surface area contributed by atoms with Gasteiger partial charge in [0.1, 0.15) is 5.82 Å². The van der Waals surface area contributed by atoms with Gasteiger partial charge in [-0.15, -0.1) is 0 Å². The second-order valence-corrected chi connectivity index (χ2v) is 4.05. The number of anilines is 2. The zero-order valence-corrected chi connectivity index (χ0v) is 9.55. The van der Waals surface area contributed by atoms with Crippen molar-refractivity contribution >= 4 is 23.2 Å². The highest BCUT2D eigenvalue weighted by molar-refractivity contribution is 5.81. The third-order valence-corrected chi connectivity index (χ3v) is 2.47. The van der Waals surface area contributed by atoms with Gasteiger partial charge in [0, 0.05) is 12.1 Å². The van der Waals surface area contributed by atoms with Gasteiger partial charge >= 0.3 is 5.69 Å². The Bertz CT molecular complexity index is 486. The van der Waals surface area contributed by atoms with E-state index >= 15 is 0 Å². The topological polar surface area (TPSA) is 123 Å². The number of carbonyl (C=O) groups is 1. The number of nitrogens with two attached hydrogens (primary N) is 1. The molecule has 1 amide bonds. The number of nitrogens with zero attached hydrogens (tertiary/aromatic N) is 2. The standard InChI is InChI=1S/C10H13N5O3/c11-10-7(15(17)18)3-4-8(14-10)12-5-9(16)13-6-1-2-6/h3-4,6H,1-2,5H2,(H,13,16)(H3,11,12,14). The summed E-state index contributed by atoms with van der Waals surface area (Å²) in [6.45, 7) is 0.0702. The van der Waals surface area contributed by atoms with Crippen LogP contribution in [0.25, 0.3) is 0 Å². The molecule has 0 saturated heterocycles. The SMILES string of the molecule is Nc1nc(NCC(=O)NC2CC2)ccc1[N+](=O)[O-]. The first-order valence-corrected chi connectivity index (χ1v) is 5.50. The molecule has 1 aromatic rings. The van der Waals surface area contributed by atoms with Gasteiger partial charge in [-0.25, -0.2) is 4.98 Å².